The minimum absolute atomic E-state index is 0.0142. The predicted octanol–water partition coefficient (Wildman–Crippen LogP) is 5.24. The van der Waals surface area contributed by atoms with E-state index in [1.54, 1.807) is 0 Å². The average Bonchev–Trinajstić information content (AvgIpc) is 3.07. The fraction of sp³-hybridized carbons (Fsp3) is 0.605. The van der Waals surface area contributed by atoms with Crippen LogP contribution in [0.2, 0.25) is 5.02 Å². The number of rotatable bonds is 11. The second-order valence-corrected chi connectivity index (χ2v) is 14.9. The Labute approximate surface area is 286 Å². The van der Waals surface area contributed by atoms with Crippen LogP contribution in [0.4, 0.5) is 0 Å². The molecule has 47 heavy (non-hydrogen) atoms. The molecule has 0 spiro atoms. The molecule has 3 heterocycles. The van der Waals surface area contributed by atoms with Crippen LogP contribution in [0, 0.1) is 11.8 Å². The first-order chi connectivity index (χ1) is 22.6. The molecule has 0 aliphatic carbocycles. The highest BCUT2D eigenvalue weighted by Crippen LogP contribution is 2.28. The number of piperidine rings is 2. The number of hydrogen-bond acceptors (Lipinski definition) is 5. The summed E-state index contributed by atoms with van der Waals surface area (Å²) in [6, 6.07) is 16.0. The van der Waals surface area contributed by atoms with Gasteiger partial charge in [0.05, 0.1) is 0 Å². The van der Waals surface area contributed by atoms with Gasteiger partial charge in [-0.3, -0.25) is 19.3 Å². The maximum absolute atomic E-state index is 14.1. The summed E-state index contributed by atoms with van der Waals surface area (Å²) in [5.41, 5.74) is 3.41. The second-order valence-electron chi connectivity index (χ2n) is 14.5. The van der Waals surface area contributed by atoms with Gasteiger partial charge in [0.2, 0.25) is 17.7 Å². The zero-order valence-electron chi connectivity index (χ0n) is 28.7. The van der Waals surface area contributed by atoms with Gasteiger partial charge in [-0.1, -0.05) is 75.7 Å². The normalized spacial score (nSPS) is 20.0. The number of nitrogens with one attached hydrogen (secondary N) is 2. The Morgan fingerprint density at radius 2 is 1.47 bits per heavy atom. The Balaban J connectivity index is 1.23. The lowest BCUT2D eigenvalue weighted by Gasteiger charge is -2.46. The highest BCUT2D eigenvalue weighted by Gasteiger charge is 2.36. The van der Waals surface area contributed by atoms with Crippen LogP contribution in [-0.4, -0.2) is 89.8 Å². The van der Waals surface area contributed by atoms with Gasteiger partial charge in [-0.05, 0) is 73.4 Å². The van der Waals surface area contributed by atoms with Gasteiger partial charge in [-0.15, -0.1) is 0 Å². The summed E-state index contributed by atoms with van der Waals surface area (Å²) in [4.78, 5) is 46.9. The minimum atomic E-state index is -0.645. The molecule has 0 bridgehead atoms. The fourth-order valence-corrected chi connectivity index (χ4v) is 7.84. The Hall–Kier alpha value is -2.94. The van der Waals surface area contributed by atoms with Crippen molar-refractivity contribution in [2.45, 2.75) is 96.8 Å². The van der Waals surface area contributed by atoms with Gasteiger partial charge in [0.1, 0.15) is 6.04 Å². The number of carbonyl (C=O) groups excluding carboxylic acids is 3. The first-order valence-corrected chi connectivity index (χ1v) is 18.1. The molecule has 2 atom stereocenters. The molecule has 0 radical (unpaired) electrons. The maximum Gasteiger partial charge on any atom is 0.245 e. The molecule has 3 aliphatic heterocycles. The molecule has 2 N–H and O–H groups in total. The Bertz CT molecular complexity index is 1350. The molecule has 0 saturated carbocycles. The third kappa shape index (κ3) is 9.36. The van der Waals surface area contributed by atoms with Crippen molar-refractivity contribution in [2.75, 3.05) is 39.3 Å². The Morgan fingerprint density at radius 1 is 0.872 bits per heavy atom. The molecule has 2 aromatic rings. The first kappa shape index (κ1) is 35.4. The van der Waals surface area contributed by atoms with Crippen LogP contribution >= 0.6 is 11.6 Å². The van der Waals surface area contributed by atoms with Crippen molar-refractivity contribution in [1.29, 1.82) is 0 Å². The van der Waals surface area contributed by atoms with Crippen molar-refractivity contribution in [3.63, 3.8) is 0 Å². The van der Waals surface area contributed by atoms with Crippen LogP contribution in [-0.2, 0) is 27.2 Å². The van der Waals surface area contributed by atoms with Crippen LogP contribution in [0.25, 0.3) is 0 Å². The van der Waals surface area contributed by atoms with E-state index in [0.717, 1.165) is 63.8 Å². The monoisotopic (exact) mass is 663 g/mol. The van der Waals surface area contributed by atoms with Crippen LogP contribution < -0.4 is 10.6 Å². The fourth-order valence-electron chi connectivity index (χ4n) is 7.71. The standard InChI is InChI=1S/C38H54ClN5O3/c1-26(2)25-44(31-14-19-42(20-15-31)37(46)27(3)4)32-16-21-43(22-17-32)38(47)35(23-28-9-11-30(39)12-10-28)41-36(45)24-34-33-8-6-5-7-29(33)13-18-40-34/h5-12,26-27,31-32,34-35,40H,13-25H2,1-4H3,(H,41,45)/t34-,35-/m1/s1. The van der Waals surface area contributed by atoms with Crippen molar-refractivity contribution in [2.24, 2.45) is 11.8 Å². The molecular formula is C38H54ClN5O3. The van der Waals surface area contributed by atoms with Gasteiger partial charge in [-0.2, -0.15) is 0 Å². The van der Waals surface area contributed by atoms with Crippen molar-refractivity contribution >= 4 is 29.3 Å². The largest absolute Gasteiger partial charge is 0.344 e. The van der Waals surface area contributed by atoms with E-state index in [-0.39, 0.29) is 36.1 Å². The molecule has 5 rings (SSSR count). The molecule has 2 saturated heterocycles. The van der Waals surface area contributed by atoms with Crippen LogP contribution in [0.3, 0.4) is 0 Å². The lowest BCUT2D eigenvalue weighted by molar-refractivity contribution is -0.138. The summed E-state index contributed by atoms with van der Waals surface area (Å²) < 4.78 is 0. The van der Waals surface area contributed by atoms with E-state index in [2.05, 4.69) is 41.5 Å². The maximum atomic E-state index is 14.1. The van der Waals surface area contributed by atoms with Gasteiger partial charge in [0.25, 0.3) is 0 Å². The number of amides is 3. The molecular weight excluding hydrogens is 610 g/mol. The molecule has 2 fully saturated rings. The van der Waals surface area contributed by atoms with E-state index in [0.29, 0.717) is 42.5 Å². The predicted molar refractivity (Wildman–Crippen MR) is 188 cm³/mol. The quantitative estimate of drug-likeness (QED) is 0.344. The zero-order chi connectivity index (χ0) is 33.5. The van der Waals surface area contributed by atoms with Crippen LogP contribution in [0.1, 0.15) is 82.5 Å². The summed E-state index contributed by atoms with van der Waals surface area (Å²) in [6.07, 6.45) is 5.48. The lowest BCUT2D eigenvalue weighted by atomic mass is 9.92. The van der Waals surface area contributed by atoms with E-state index in [4.69, 9.17) is 11.6 Å². The summed E-state index contributed by atoms with van der Waals surface area (Å²) in [5, 5.41) is 7.29. The van der Waals surface area contributed by atoms with E-state index in [1.165, 1.54) is 11.1 Å². The van der Waals surface area contributed by atoms with Crippen LogP contribution in [0.5, 0.6) is 0 Å². The molecule has 9 heteroatoms. The Morgan fingerprint density at radius 3 is 2.06 bits per heavy atom. The molecule has 0 aromatic heterocycles. The number of benzene rings is 2. The van der Waals surface area contributed by atoms with Gasteiger partial charge >= 0.3 is 0 Å². The molecule has 8 nitrogen and oxygen atoms in total. The molecule has 2 aromatic carbocycles. The average molecular weight is 664 g/mol. The summed E-state index contributed by atoms with van der Waals surface area (Å²) >= 11 is 6.15. The van der Waals surface area contributed by atoms with Crippen molar-refractivity contribution in [3.05, 3.63) is 70.2 Å². The Kier molecular flexibility index (Phi) is 12.4. The number of halogens is 1. The smallest absolute Gasteiger partial charge is 0.245 e. The van der Waals surface area contributed by atoms with E-state index in [1.807, 2.05) is 60.0 Å². The highest BCUT2D eigenvalue weighted by molar-refractivity contribution is 6.30. The lowest BCUT2D eigenvalue weighted by Crippen LogP contribution is -2.57. The van der Waals surface area contributed by atoms with Crippen molar-refractivity contribution in [1.82, 2.24) is 25.3 Å². The van der Waals surface area contributed by atoms with Crippen LogP contribution in [0.15, 0.2) is 48.5 Å². The summed E-state index contributed by atoms with van der Waals surface area (Å²) in [7, 11) is 0. The van der Waals surface area contributed by atoms with E-state index < -0.39 is 6.04 Å². The van der Waals surface area contributed by atoms with E-state index in [9.17, 15) is 14.4 Å². The number of hydrogen-bond donors (Lipinski definition) is 2. The second kappa shape index (κ2) is 16.4. The van der Waals surface area contributed by atoms with Gasteiger partial charge in [0.15, 0.2) is 0 Å². The zero-order valence-corrected chi connectivity index (χ0v) is 29.5. The topological polar surface area (TPSA) is 85.0 Å². The number of likely N-dealkylation sites (tertiary alicyclic amines) is 2. The van der Waals surface area contributed by atoms with Crippen molar-refractivity contribution < 1.29 is 14.4 Å². The summed E-state index contributed by atoms with van der Waals surface area (Å²) in [5.74, 6) is 0.695. The van der Waals surface area contributed by atoms with Crippen molar-refractivity contribution in [3.8, 4) is 0 Å². The molecule has 256 valence electrons. The highest BCUT2D eigenvalue weighted by atomic mass is 35.5. The van der Waals surface area contributed by atoms with E-state index >= 15 is 0 Å². The van der Waals surface area contributed by atoms with Gasteiger partial charge < -0.3 is 20.4 Å². The summed E-state index contributed by atoms with van der Waals surface area (Å²) in [6.45, 7) is 13.3. The third-order valence-electron chi connectivity index (χ3n) is 10.2. The number of nitrogens with zero attached hydrogens (tertiary/aromatic N) is 3. The SMILES string of the molecule is CC(C)CN(C1CCN(C(=O)C(C)C)CC1)C1CCN(C(=O)[C@@H](Cc2ccc(Cl)cc2)NC(=O)C[C@H]2NCCc3ccccc32)CC1. The van der Waals surface area contributed by atoms with Gasteiger partial charge in [0, 0.05) is 74.6 Å². The third-order valence-corrected chi connectivity index (χ3v) is 10.4. The molecule has 3 amide bonds. The van der Waals surface area contributed by atoms with Gasteiger partial charge in [-0.25, -0.2) is 0 Å². The minimum Gasteiger partial charge on any atom is -0.344 e. The number of fused-ring (bicyclic) bond motifs is 1. The molecule has 0 unspecified atom stereocenters. The molecule has 3 aliphatic rings. The number of carbonyl (C=O) groups is 3. The first-order valence-electron chi connectivity index (χ1n) is 17.8.